The van der Waals surface area contributed by atoms with Crippen LogP contribution in [0.3, 0.4) is 0 Å². The molecule has 1 heterocycles. The molecule has 2 N–H and O–H groups in total. The largest absolute Gasteiger partial charge is 0.324 e. The van der Waals surface area contributed by atoms with Gasteiger partial charge in [0.25, 0.3) is 0 Å². The second kappa shape index (κ2) is 5.66. The topological polar surface area (TPSA) is 38.9 Å². The Kier molecular flexibility index (Phi) is 3.72. The highest BCUT2D eigenvalue weighted by Gasteiger charge is 2.11. The average molecular weight is 276 g/mol. The molecule has 21 heavy (non-hydrogen) atoms. The van der Waals surface area contributed by atoms with Crippen LogP contribution in [-0.2, 0) is 6.42 Å². The van der Waals surface area contributed by atoms with Gasteiger partial charge in [-0.2, -0.15) is 0 Å². The molecule has 2 aromatic carbocycles. The number of rotatable bonds is 3. The van der Waals surface area contributed by atoms with E-state index in [0.717, 1.165) is 22.9 Å². The molecule has 0 fully saturated rings. The first-order valence-electron chi connectivity index (χ1n) is 7.30. The predicted molar refractivity (Wildman–Crippen MR) is 88.3 cm³/mol. The molecule has 3 aromatic rings. The van der Waals surface area contributed by atoms with E-state index in [0.29, 0.717) is 0 Å². The van der Waals surface area contributed by atoms with Gasteiger partial charge in [-0.3, -0.25) is 4.98 Å². The first-order valence-corrected chi connectivity index (χ1v) is 7.30. The van der Waals surface area contributed by atoms with Gasteiger partial charge in [-0.15, -0.1) is 0 Å². The van der Waals surface area contributed by atoms with Crippen molar-refractivity contribution in [3.63, 3.8) is 0 Å². The third kappa shape index (κ3) is 2.81. The van der Waals surface area contributed by atoms with Crippen molar-refractivity contribution in [2.45, 2.75) is 26.3 Å². The quantitative estimate of drug-likeness (QED) is 0.782. The minimum atomic E-state index is 0.00871. The minimum absolute atomic E-state index is 0.00871. The van der Waals surface area contributed by atoms with Gasteiger partial charge in [0.1, 0.15) is 0 Å². The van der Waals surface area contributed by atoms with Gasteiger partial charge in [0.2, 0.25) is 0 Å². The van der Waals surface area contributed by atoms with Crippen LogP contribution in [-0.4, -0.2) is 4.98 Å². The lowest BCUT2D eigenvalue weighted by Crippen LogP contribution is -2.14. The SMILES string of the molecule is Cc1cccc(C)c1CC(N)c1ccc2ncccc2c1. The van der Waals surface area contributed by atoms with Gasteiger partial charge in [-0.05, 0) is 60.7 Å². The molecular weight excluding hydrogens is 256 g/mol. The molecule has 1 atom stereocenters. The third-order valence-electron chi connectivity index (χ3n) is 4.12. The fourth-order valence-electron chi connectivity index (χ4n) is 2.83. The van der Waals surface area contributed by atoms with Crippen LogP contribution < -0.4 is 5.73 Å². The molecule has 0 radical (unpaired) electrons. The van der Waals surface area contributed by atoms with E-state index in [9.17, 15) is 0 Å². The van der Waals surface area contributed by atoms with Gasteiger partial charge in [0, 0.05) is 17.6 Å². The molecule has 0 saturated carbocycles. The molecule has 0 aliphatic carbocycles. The number of pyridine rings is 1. The molecule has 1 unspecified atom stereocenters. The van der Waals surface area contributed by atoms with Crippen molar-refractivity contribution >= 4 is 10.9 Å². The highest BCUT2D eigenvalue weighted by atomic mass is 14.7. The van der Waals surface area contributed by atoms with Gasteiger partial charge in [-0.1, -0.05) is 30.3 Å². The number of fused-ring (bicyclic) bond motifs is 1. The number of hydrogen-bond acceptors (Lipinski definition) is 2. The van der Waals surface area contributed by atoms with E-state index in [1.165, 1.54) is 16.7 Å². The number of aryl methyl sites for hydroxylation is 2. The van der Waals surface area contributed by atoms with E-state index in [1.54, 1.807) is 0 Å². The molecule has 0 saturated heterocycles. The summed E-state index contributed by atoms with van der Waals surface area (Å²) in [6.45, 7) is 4.30. The lowest BCUT2D eigenvalue weighted by Gasteiger charge is -2.16. The Balaban J connectivity index is 1.91. The molecule has 0 aliphatic heterocycles. The van der Waals surface area contributed by atoms with Crippen molar-refractivity contribution < 1.29 is 0 Å². The van der Waals surface area contributed by atoms with E-state index in [1.807, 2.05) is 12.3 Å². The summed E-state index contributed by atoms with van der Waals surface area (Å²) in [6.07, 6.45) is 2.68. The Bertz CT molecular complexity index is 757. The van der Waals surface area contributed by atoms with Gasteiger partial charge >= 0.3 is 0 Å². The van der Waals surface area contributed by atoms with Crippen molar-refractivity contribution in [2.75, 3.05) is 0 Å². The van der Waals surface area contributed by atoms with Crippen LogP contribution in [0.25, 0.3) is 10.9 Å². The van der Waals surface area contributed by atoms with E-state index in [4.69, 9.17) is 5.73 Å². The number of nitrogens with zero attached hydrogens (tertiary/aromatic N) is 1. The normalized spacial score (nSPS) is 12.5. The zero-order valence-electron chi connectivity index (χ0n) is 12.5. The van der Waals surface area contributed by atoms with Crippen LogP contribution in [0.15, 0.2) is 54.7 Å². The van der Waals surface area contributed by atoms with Crippen molar-refractivity contribution in [3.05, 3.63) is 77.0 Å². The third-order valence-corrected chi connectivity index (χ3v) is 4.12. The highest BCUT2D eigenvalue weighted by Crippen LogP contribution is 2.23. The summed E-state index contributed by atoms with van der Waals surface area (Å²) in [4.78, 5) is 4.35. The van der Waals surface area contributed by atoms with Crippen LogP contribution in [0.2, 0.25) is 0 Å². The summed E-state index contributed by atoms with van der Waals surface area (Å²) in [5, 5.41) is 1.15. The standard InChI is InChI=1S/C19H20N2/c1-13-5-3-6-14(2)17(13)12-18(20)15-8-9-19-16(11-15)7-4-10-21-19/h3-11,18H,12,20H2,1-2H3. The molecule has 0 bridgehead atoms. The van der Waals surface area contributed by atoms with Crippen LogP contribution in [0.1, 0.15) is 28.3 Å². The molecule has 0 spiro atoms. The molecule has 0 aliphatic rings. The monoisotopic (exact) mass is 276 g/mol. The Morgan fingerprint density at radius 3 is 2.52 bits per heavy atom. The lowest BCUT2D eigenvalue weighted by atomic mass is 9.93. The second-order valence-corrected chi connectivity index (χ2v) is 5.64. The van der Waals surface area contributed by atoms with Crippen LogP contribution in [0.4, 0.5) is 0 Å². The molecule has 2 nitrogen and oxygen atoms in total. The molecule has 106 valence electrons. The van der Waals surface area contributed by atoms with E-state index < -0.39 is 0 Å². The summed E-state index contributed by atoms with van der Waals surface area (Å²) >= 11 is 0. The zero-order chi connectivity index (χ0) is 14.8. The van der Waals surface area contributed by atoms with Crippen LogP contribution in [0, 0.1) is 13.8 Å². The number of hydrogen-bond donors (Lipinski definition) is 1. The zero-order valence-corrected chi connectivity index (χ0v) is 12.5. The summed E-state index contributed by atoms with van der Waals surface area (Å²) in [5.41, 5.74) is 12.6. The van der Waals surface area contributed by atoms with Crippen LogP contribution in [0.5, 0.6) is 0 Å². The lowest BCUT2D eigenvalue weighted by molar-refractivity contribution is 0.716. The number of nitrogens with two attached hydrogens (primary N) is 1. The van der Waals surface area contributed by atoms with E-state index in [-0.39, 0.29) is 6.04 Å². The fraction of sp³-hybridized carbons (Fsp3) is 0.211. The Morgan fingerprint density at radius 1 is 1.00 bits per heavy atom. The van der Waals surface area contributed by atoms with Crippen molar-refractivity contribution in [1.29, 1.82) is 0 Å². The van der Waals surface area contributed by atoms with E-state index in [2.05, 4.69) is 61.3 Å². The minimum Gasteiger partial charge on any atom is -0.324 e. The van der Waals surface area contributed by atoms with Crippen molar-refractivity contribution in [3.8, 4) is 0 Å². The molecule has 3 rings (SSSR count). The Hall–Kier alpha value is -2.19. The van der Waals surface area contributed by atoms with E-state index >= 15 is 0 Å². The molecule has 1 aromatic heterocycles. The highest BCUT2D eigenvalue weighted by molar-refractivity contribution is 5.79. The summed E-state index contributed by atoms with van der Waals surface area (Å²) < 4.78 is 0. The smallest absolute Gasteiger partial charge is 0.0702 e. The molecule has 0 amide bonds. The van der Waals surface area contributed by atoms with Gasteiger partial charge in [0.15, 0.2) is 0 Å². The summed E-state index contributed by atoms with van der Waals surface area (Å²) in [7, 11) is 0. The molecule has 2 heteroatoms. The van der Waals surface area contributed by atoms with Crippen molar-refractivity contribution in [2.24, 2.45) is 5.73 Å². The second-order valence-electron chi connectivity index (χ2n) is 5.64. The first-order chi connectivity index (χ1) is 10.1. The Morgan fingerprint density at radius 2 is 1.76 bits per heavy atom. The molecular formula is C19H20N2. The van der Waals surface area contributed by atoms with Gasteiger partial charge < -0.3 is 5.73 Å². The maximum atomic E-state index is 6.44. The number of aromatic nitrogens is 1. The summed E-state index contributed by atoms with van der Waals surface area (Å²) in [5.74, 6) is 0. The predicted octanol–water partition coefficient (Wildman–Crippen LogP) is 4.09. The maximum Gasteiger partial charge on any atom is 0.0702 e. The average Bonchev–Trinajstić information content (AvgIpc) is 2.50. The fourth-order valence-corrected chi connectivity index (χ4v) is 2.83. The van der Waals surface area contributed by atoms with Gasteiger partial charge in [-0.25, -0.2) is 0 Å². The first kappa shape index (κ1) is 13.8. The number of benzene rings is 2. The maximum absolute atomic E-state index is 6.44. The van der Waals surface area contributed by atoms with Gasteiger partial charge in [0.05, 0.1) is 5.52 Å². The Labute approximate surface area is 125 Å². The summed E-state index contributed by atoms with van der Waals surface area (Å²) in [6, 6.07) is 16.7. The van der Waals surface area contributed by atoms with Crippen LogP contribution >= 0.6 is 0 Å². The van der Waals surface area contributed by atoms with Crippen molar-refractivity contribution in [1.82, 2.24) is 4.98 Å².